The summed E-state index contributed by atoms with van der Waals surface area (Å²) in [4.78, 5) is 36.9. The Morgan fingerprint density at radius 1 is 0.667 bits per heavy atom. The molecule has 0 bridgehead atoms. The number of carboxylic acids is 1. The second-order valence-electron chi connectivity index (χ2n) is 13.5. The van der Waals surface area contributed by atoms with Crippen LogP contribution in [0.3, 0.4) is 0 Å². The fraction of sp³-hybridized carbons (Fsp3) is 0.170. The molecular formula is C47H42ClF3N2O7. The van der Waals surface area contributed by atoms with Crippen molar-refractivity contribution < 1.29 is 46.9 Å². The zero-order chi connectivity index (χ0) is 43.4. The highest BCUT2D eigenvalue weighted by molar-refractivity contribution is 6.33. The highest BCUT2D eigenvalue weighted by atomic mass is 35.5. The van der Waals surface area contributed by atoms with Crippen LogP contribution in [-0.4, -0.2) is 56.4 Å². The van der Waals surface area contributed by atoms with Crippen LogP contribution >= 0.6 is 11.6 Å². The van der Waals surface area contributed by atoms with Gasteiger partial charge in [0, 0.05) is 12.0 Å². The number of carbonyl (C=O) groups excluding carboxylic acids is 2. The lowest BCUT2D eigenvalue weighted by atomic mass is 9.98. The molecule has 0 aliphatic heterocycles. The van der Waals surface area contributed by atoms with Gasteiger partial charge in [-0.2, -0.15) is 13.2 Å². The summed E-state index contributed by atoms with van der Waals surface area (Å²) in [5.74, 6) is -2.61. The van der Waals surface area contributed by atoms with Gasteiger partial charge in [0.05, 0.1) is 31.9 Å². The molecular weight excluding hydrogens is 797 g/mol. The van der Waals surface area contributed by atoms with Gasteiger partial charge in [0.1, 0.15) is 23.4 Å². The first-order valence-electron chi connectivity index (χ1n) is 18.5. The van der Waals surface area contributed by atoms with Crippen LogP contribution in [0, 0.1) is 0 Å². The van der Waals surface area contributed by atoms with Crippen molar-refractivity contribution in [1.82, 2.24) is 5.32 Å². The molecule has 0 aliphatic rings. The van der Waals surface area contributed by atoms with Crippen molar-refractivity contribution in [1.29, 1.82) is 0 Å². The van der Waals surface area contributed by atoms with Gasteiger partial charge in [-0.1, -0.05) is 133 Å². The molecule has 0 spiro atoms. The second kappa shape index (κ2) is 20.4. The first-order chi connectivity index (χ1) is 28.7. The van der Waals surface area contributed by atoms with Gasteiger partial charge < -0.3 is 30.4 Å². The zero-order valence-electron chi connectivity index (χ0n) is 32.8. The minimum absolute atomic E-state index is 0.0169. The van der Waals surface area contributed by atoms with Crippen molar-refractivity contribution in [3.05, 3.63) is 167 Å². The van der Waals surface area contributed by atoms with Gasteiger partial charge in [0.15, 0.2) is 5.75 Å². The normalized spacial score (nSPS) is 11.9. The number of benzene rings is 6. The molecule has 0 unspecified atom stereocenters. The van der Waals surface area contributed by atoms with Crippen molar-refractivity contribution in [2.45, 2.75) is 31.1 Å². The maximum Gasteiger partial charge on any atom is 0.416 e. The van der Waals surface area contributed by atoms with Gasteiger partial charge >= 0.3 is 18.1 Å². The van der Waals surface area contributed by atoms with E-state index in [1.165, 1.54) is 45.1 Å². The second-order valence-corrected chi connectivity index (χ2v) is 13.9. The fourth-order valence-corrected chi connectivity index (χ4v) is 6.65. The molecule has 13 heteroatoms. The van der Waals surface area contributed by atoms with Crippen molar-refractivity contribution in [2.24, 2.45) is 5.73 Å². The number of ether oxygens (including phenoxy) is 3. The Balaban J connectivity index is 0.000000299. The van der Waals surface area contributed by atoms with E-state index in [9.17, 15) is 32.7 Å². The number of aliphatic carboxylic acids is 1. The lowest BCUT2D eigenvalue weighted by Crippen LogP contribution is -2.42. The Labute approximate surface area is 350 Å². The van der Waals surface area contributed by atoms with E-state index in [-0.39, 0.29) is 40.0 Å². The van der Waals surface area contributed by atoms with Gasteiger partial charge in [-0.05, 0) is 63.6 Å². The maximum absolute atomic E-state index is 13.5. The quantitative estimate of drug-likeness (QED) is 0.0979. The van der Waals surface area contributed by atoms with E-state index < -0.39 is 35.7 Å². The minimum atomic E-state index is -4.53. The predicted octanol–water partition coefficient (Wildman–Crippen LogP) is 9.53. The number of hydrogen-bond donors (Lipinski definition) is 3. The molecule has 0 radical (unpaired) electrons. The van der Waals surface area contributed by atoms with Crippen LogP contribution in [0.15, 0.2) is 140 Å². The lowest BCUT2D eigenvalue weighted by Gasteiger charge is -2.21. The molecule has 6 rings (SSSR count). The Morgan fingerprint density at radius 3 is 1.55 bits per heavy atom. The van der Waals surface area contributed by atoms with Gasteiger partial charge in [0.2, 0.25) is 0 Å². The van der Waals surface area contributed by atoms with E-state index >= 15 is 0 Å². The van der Waals surface area contributed by atoms with Crippen LogP contribution in [-0.2, 0) is 33.3 Å². The zero-order valence-corrected chi connectivity index (χ0v) is 33.6. The fourth-order valence-electron chi connectivity index (χ4n) is 6.37. The molecule has 9 nitrogen and oxygen atoms in total. The van der Waals surface area contributed by atoms with E-state index in [0.29, 0.717) is 17.5 Å². The smallest absolute Gasteiger partial charge is 0.416 e. The molecule has 0 heterocycles. The third-order valence-electron chi connectivity index (χ3n) is 9.47. The predicted molar refractivity (Wildman–Crippen MR) is 225 cm³/mol. The van der Waals surface area contributed by atoms with Gasteiger partial charge in [-0.3, -0.25) is 9.59 Å². The Kier molecular flexibility index (Phi) is 15.1. The van der Waals surface area contributed by atoms with E-state index in [0.717, 1.165) is 34.4 Å². The van der Waals surface area contributed by atoms with Crippen LogP contribution in [0.4, 0.5) is 13.2 Å². The SMILES string of the molecule is COC(=O)[C@@H](N)Cc1ccc(-c2ccccc2)cc1.COc1c(Cl)cc(-c2ccc(C(F)(F)F)cc2)c(OC)c1C(=O)N[C@@H](Cc1ccc(-c2ccccc2)cc1)C(=O)O. The Hall–Kier alpha value is -6.63. The van der Waals surface area contributed by atoms with E-state index in [4.69, 9.17) is 26.8 Å². The highest BCUT2D eigenvalue weighted by Crippen LogP contribution is 2.44. The number of carboxylic acid groups (broad SMARTS) is 1. The molecule has 4 N–H and O–H groups in total. The minimum Gasteiger partial charge on any atom is -0.495 e. The summed E-state index contributed by atoms with van der Waals surface area (Å²) in [6.45, 7) is 0. The Morgan fingerprint density at radius 2 is 1.12 bits per heavy atom. The number of nitrogens with one attached hydrogen (secondary N) is 1. The van der Waals surface area contributed by atoms with Crippen molar-refractivity contribution in [2.75, 3.05) is 21.3 Å². The van der Waals surface area contributed by atoms with E-state index in [1.807, 2.05) is 84.9 Å². The maximum atomic E-state index is 13.5. The molecule has 0 saturated heterocycles. The summed E-state index contributed by atoms with van der Waals surface area (Å²) < 4.78 is 54.7. The summed E-state index contributed by atoms with van der Waals surface area (Å²) in [5.41, 5.74) is 11.2. The topological polar surface area (TPSA) is 137 Å². The third-order valence-corrected chi connectivity index (χ3v) is 9.75. The summed E-state index contributed by atoms with van der Waals surface area (Å²) >= 11 is 6.40. The number of rotatable bonds is 13. The number of esters is 1. The van der Waals surface area contributed by atoms with Crippen LogP contribution in [0.25, 0.3) is 33.4 Å². The molecule has 6 aromatic carbocycles. The highest BCUT2D eigenvalue weighted by Gasteiger charge is 2.32. The number of methoxy groups -OCH3 is 3. The lowest BCUT2D eigenvalue weighted by molar-refractivity contribution is -0.142. The standard InChI is InChI=1S/C31H25ClF3NO5.C16H17NO2/c1-40-27-23(21-12-14-22(15-13-21)31(33,34)35)17-24(32)28(41-2)26(27)29(37)36-25(30(38)39)16-18-8-10-20(11-9-18)19-6-4-3-5-7-19;1-19-16(18)15(17)11-12-7-9-14(10-8-12)13-5-3-2-4-6-13/h3-15,17,25H,16H2,1-2H3,(H,36,37)(H,38,39);2-10,15H,11,17H2,1H3/t25-;15-/m00/s1. The summed E-state index contributed by atoms with van der Waals surface area (Å²) in [6, 6.07) is 38.9. The average Bonchev–Trinajstić information content (AvgIpc) is 3.26. The molecule has 0 aliphatic carbocycles. The molecule has 0 aromatic heterocycles. The molecule has 6 aromatic rings. The molecule has 2 atom stereocenters. The van der Waals surface area contributed by atoms with E-state index in [1.54, 1.807) is 12.1 Å². The van der Waals surface area contributed by atoms with Crippen LogP contribution in [0.2, 0.25) is 5.02 Å². The molecule has 0 saturated carbocycles. The largest absolute Gasteiger partial charge is 0.495 e. The monoisotopic (exact) mass is 838 g/mol. The first kappa shape index (κ1) is 44.5. The van der Waals surface area contributed by atoms with Crippen LogP contribution < -0.4 is 20.5 Å². The van der Waals surface area contributed by atoms with Crippen molar-refractivity contribution >= 4 is 29.4 Å². The molecule has 310 valence electrons. The Bertz CT molecular complexity index is 2380. The van der Waals surface area contributed by atoms with E-state index in [2.05, 4.69) is 22.2 Å². The average molecular weight is 839 g/mol. The molecule has 60 heavy (non-hydrogen) atoms. The van der Waals surface area contributed by atoms with Crippen molar-refractivity contribution in [3.8, 4) is 44.9 Å². The molecule has 1 amide bonds. The van der Waals surface area contributed by atoms with Gasteiger partial charge in [0.25, 0.3) is 5.91 Å². The third kappa shape index (κ3) is 11.3. The van der Waals surface area contributed by atoms with Gasteiger partial charge in [-0.15, -0.1) is 0 Å². The number of carbonyl (C=O) groups is 3. The summed E-state index contributed by atoms with van der Waals surface area (Å²) in [7, 11) is 3.90. The number of amides is 1. The number of alkyl halides is 3. The number of hydrogen-bond acceptors (Lipinski definition) is 7. The molecule has 0 fully saturated rings. The van der Waals surface area contributed by atoms with Gasteiger partial charge in [-0.25, -0.2) is 4.79 Å². The van der Waals surface area contributed by atoms with Crippen molar-refractivity contribution in [3.63, 3.8) is 0 Å². The summed E-state index contributed by atoms with van der Waals surface area (Å²) in [5, 5.41) is 12.4. The van der Waals surface area contributed by atoms with Crippen LogP contribution in [0.5, 0.6) is 11.5 Å². The first-order valence-corrected chi connectivity index (χ1v) is 18.9. The number of nitrogens with two attached hydrogens (primary N) is 1. The summed E-state index contributed by atoms with van der Waals surface area (Å²) in [6.07, 6.45) is -4.06. The number of halogens is 4. The van der Waals surface area contributed by atoms with Crippen LogP contribution in [0.1, 0.15) is 27.0 Å².